The highest BCUT2D eigenvalue weighted by Crippen LogP contribution is 2.26. The van der Waals surface area contributed by atoms with Crippen molar-refractivity contribution in [3.63, 3.8) is 0 Å². The zero-order valence-corrected chi connectivity index (χ0v) is 14.2. The standard InChI is InChI=1S/C15H23N3O4S/c1-3-11-5-4-8-18(10-11)15(19)17-12-6-7-13(22-2)14(9-12)23(16,20)21/h6-7,9,11H,3-5,8,10H2,1-2H3,(H,17,19)(H2,16,20,21). The number of ether oxygens (including phenoxy) is 1. The third kappa shape index (κ3) is 4.35. The van der Waals surface area contributed by atoms with Crippen molar-refractivity contribution in [1.29, 1.82) is 0 Å². The number of carbonyl (C=O) groups is 1. The van der Waals surface area contributed by atoms with Crippen molar-refractivity contribution in [2.75, 3.05) is 25.5 Å². The Bertz CT molecular complexity index is 675. The van der Waals surface area contributed by atoms with Gasteiger partial charge in [0.05, 0.1) is 7.11 Å². The second-order valence-corrected chi connectivity index (χ2v) is 7.23. The average molecular weight is 341 g/mol. The van der Waals surface area contributed by atoms with E-state index < -0.39 is 10.0 Å². The molecule has 1 aromatic carbocycles. The molecule has 128 valence electrons. The van der Waals surface area contributed by atoms with E-state index >= 15 is 0 Å². The number of anilines is 1. The first-order valence-corrected chi connectivity index (χ1v) is 9.16. The van der Waals surface area contributed by atoms with Crippen LogP contribution in [-0.4, -0.2) is 39.5 Å². The lowest BCUT2D eigenvalue weighted by molar-refractivity contribution is 0.176. The fraction of sp³-hybridized carbons (Fsp3) is 0.533. The van der Waals surface area contributed by atoms with Crippen LogP contribution in [-0.2, 0) is 10.0 Å². The number of primary sulfonamides is 1. The topological polar surface area (TPSA) is 102 Å². The molecule has 2 amide bonds. The number of piperidine rings is 1. The molecule has 0 spiro atoms. The first-order chi connectivity index (χ1) is 10.8. The number of sulfonamides is 1. The SMILES string of the molecule is CCC1CCCN(C(=O)Nc2ccc(OC)c(S(N)(=O)=O)c2)C1. The molecule has 2 rings (SSSR count). The Morgan fingerprint density at radius 2 is 2.22 bits per heavy atom. The zero-order chi connectivity index (χ0) is 17.0. The van der Waals surface area contributed by atoms with E-state index in [1.165, 1.54) is 19.2 Å². The molecule has 1 aromatic rings. The average Bonchev–Trinajstić information content (AvgIpc) is 2.54. The number of likely N-dealkylation sites (tertiary alicyclic amines) is 1. The maximum atomic E-state index is 12.3. The summed E-state index contributed by atoms with van der Waals surface area (Å²) in [6.07, 6.45) is 3.16. The Morgan fingerprint density at radius 3 is 2.83 bits per heavy atom. The Morgan fingerprint density at radius 1 is 1.48 bits per heavy atom. The van der Waals surface area contributed by atoms with Crippen LogP contribution in [0.25, 0.3) is 0 Å². The second-order valence-electron chi connectivity index (χ2n) is 5.70. The fourth-order valence-corrected chi connectivity index (χ4v) is 3.49. The number of nitrogens with zero attached hydrogens (tertiary/aromatic N) is 1. The highest BCUT2D eigenvalue weighted by Gasteiger charge is 2.23. The number of hydrogen-bond acceptors (Lipinski definition) is 4. The van der Waals surface area contributed by atoms with Gasteiger partial charge in [-0.2, -0.15) is 0 Å². The van der Waals surface area contributed by atoms with E-state index in [0.29, 0.717) is 18.2 Å². The van der Waals surface area contributed by atoms with Gasteiger partial charge in [-0.25, -0.2) is 18.4 Å². The third-order valence-electron chi connectivity index (χ3n) is 4.10. The molecule has 1 unspecified atom stereocenters. The van der Waals surface area contributed by atoms with Gasteiger partial charge in [-0.05, 0) is 37.0 Å². The van der Waals surface area contributed by atoms with Gasteiger partial charge in [0.25, 0.3) is 0 Å². The Balaban J connectivity index is 2.15. The van der Waals surface area contributed by atoms with Crippen molar-refractivity contribution >= 4 is 21.7 Å². The largest absolute Gasteiger partial charge is 0.495 e. The molecule has 1 saturated heterocycles. The highest BCUT2D eigenvalue weighted by atomic mass is 32.2. The normalized spacial score (nSPS) is 18.6. The van der Waals surface area contributed by atoms with Gasteiger partial charge in [-0.1, -0.05) is 13.3 Å². The van der Waals surface area contributed by atoms with Gasteiger partial charge >= 0.3 is 6.03 Å². The fourth-order valence-electron chi connectivity index (χ4n) is 2.76. The van der Waals surface area contributed by atoms with Crippen LogP contribution in [0.15, 0.2) is 23.1 Å². The predicted molar refractivity (Wildman–Crippen MR) is 88.0 cm³/mol. The van der Waals surface area contributed by atoms with Crippen LogP contribution in [0.1, 0.15) is 26.2 Å². The summed E-state index contributed by atoms with van der Waals surface area (Å²) in [6.45, 7) is 3.55. The van der Waals surface area contributed by atoms with E-state index in [4.69, 9.17) is 9.88 Å². The lowest BCUT2D eigenvalue weighted by Gasteiger charge is -2.32. The van der Waals surface area contributed by atoms with E-state index in [2.05, 4.69) is 12.2 Å². The molecule has 0 aliphatic carbocycles. The summed E-state index contributed by atoms with van der Waals surface area (Å²) in [6, 6.07) is 4.15. The molecule has 1 fully saturated rings. The number of urea groups is 1. The van der Waals surface area contributed by atoms with E-state index in [1.54, 1.807) is 11.0 Å². The monoisotopic (exact) mass is 341 g/mol. The predicted octanol–water partition coefficient (Wildman–Crippen LogP) is 2.00. The molecular formula is C15H23N3O4S. The Hall–Kier alpha value is -1.80. The summed E-state index contributed by atoms with van der Waals surface area (Å²) >= 11 is 0. The number of methoxy groups -OCH3 is 1. The quantitative estimate of drug-likeness (QED) is 0.874. The smallest absolute Gasteiger partial charge is 0.321 e. The lowest BCUT2D eigenvalue weighted by Crippen LogP contribution is -2.42. The summed E-state index contributed by atoms with van der Waals surface area (Å²) in [7, 11) is -2.57. The maximum Gasteiger partial charge on any atom is 0.321 e. The zero-order valence-electron chi connectivity index (χ0n) is 13.4. The van der Waals surface area contributed by atoms with Gasteiger partial charge in [0.1, 0.15) is 10.6 Å². The van der Waals surface area contributed by atoms with E-state index in [0.717, 1.165) is 25.8 Å². The summed E-state index contributed by atoms with van der Waals surface area (Å²) in [5.41, 5.74) is 0.374. The van der Waals surface area contributed by atoms with Crippen molar-refractivity contribution in [3.05, 3.63) is 18.2 Å². The van der Waals surface area contributed by atoms with Crippen LogP contribution >= 0.6 is 0 Å². The Kier molecular flexibility index (Phi) is 5.48. The first-order valence-electron chi connectivity index (χ1n) is 7.62. The van der Waals surface area contributed by atoms with Gasteiger partial charge in [-0.15, -0.1) is 0 Å². The lowest BCUT2D eigenvalue weighted by atomic mass is 9.96. The van der Waals surface area contributed by atoms with Crippen LogP contribution in [0.2, 0.25) is 0 Å². The molecule has 3 N–H and O–H groups in total. The van der Waals surface area contributed by atoms with Crippen LogP contribution in [0.4, 0.5) is 10.5 Å². The van der Waals surface area contributed by atoms with Gasteiger partial charge in [0.2, 0.25) is 10.0 Å². The van der Waals surface area contributed by atoms with Crippen LogP contribution < -0.4 is 15.2 Å². The molecule has 1 atom stereocenters. The van der Waals surface area contributed by atoms with Crippen molar-refractivity contribution in [2.24, 2.45) is 11.1 Å². The summed E-state index contributed by atoms with van der Waals surface area (Å²) in [5, 5.41) is 7.91. The molecule has 7 nitrogen and oxygen atoms in total. The number of amides is 2. The summed E-state index contributed by atoms with van der Waals surface area (Å²) < 4.78 is 28.2. The summed E-state index contributed by atoms with van der Waals surface area (Å²) in [5.74, 6) is 0.667. The maximum absolute atomic E-state index is 12.3. The molecule has 0 aromatic heterocycles. The minimum absolute atomic E-state index is 0.148. The Labute approximate surface area is 136 Å². The highest BCUT2D eigenvalue weighted by molar-refractivity contribution is 7.89. The van der Waals surface area contributed by atoms with E-state index in [9.17, 15) is 13.2 Å². The molecule has 1 aliphatic heterocycles. The molecule has 0 bridgehead atoms. The second kappa shape index (κ2) is 7.18. The van der Waals surface area contributed by atoms with Crippen LogP contribution in [0, 0.1) is 5.92 Å². The van der Waals surface area contributed by atoms with Gasteiger partial charge in [-0.3, -0.25) is 0 Å². The third-order valence-corrected chi connectivity index (χ3v) is 5.04. The van der Waals surface area contributed by atoms with Crippen molar-refractivity contribution in [2.45, 2.75) is 31.1 Å². The van der Waals surface area contributed by atoms with E-state index in [1.807, 2.05) is 0 Å². The number of nitrogens with one attached hydrogen (secondary N) is 1. The van der Waals surface area contributed by atoms with Gasteiger partial charge < -0.3 is 15.0 Å². The number of hydrogen-bond donors (Lipinski definition) is 2. The van der Waals surface area contributed by atoms with Gasteiger partial charge in [0.15, 0.2) is 0 Å². The summed E-state index contributed by atoms with van der Waals surface area (Å²) in [4.78, 5) is 14.0. The molecule has 0 saturated carbocycles. The minimum atomic E-state index is -3.93. The molecule has 1 heterocycles. The van der Waals surface area contributed by atoms with Crippen molar-refractivity contribution < 1.29 is 17.9 Å². The minimum Gasteiger partial charge on any atom is -0.495 e. The molecule has 8 heteroatoms. The molecular weight excluding hydrogens is 318 g/mol. The van der Waals surface area contributed by atoms with Crippen molar-refractivity contribution in [3.8, 4) is 5.75 Å². The van der Waals surface area contributed by atoms with Crippen molar-refractivity contribution in [1.82, 2.24) is 4.90 Å². The molecule has 23 heavy (non-hydrogen) atoms. The number of nitrogens with two attached hydrogens (primary N) is 1. The van der Waals surface area contributed by atoms with E-state index in [-0.39, 0.29) is 16.7 Å². The number of rotatable bonds is 4. The number of carbonyl (C=O) groups excluding carboxylic acids is 1. The first kappa shape index (κ1) is 17.6. The number of benzene rings is 1. The molecule has 1 aliphatic rings. The van der Waals surface area contributed by atoms with Gasteiger partial charge in [0, 0.05) is 18.8 Å². The van der Waals surface area contributed by atoms with Crippen LogP contribution in [0.5, 0.6) is 5.75 Å². The van der Waals surface area contributed by atoms with Crippen LogP contribution in [0.3, 0.4) is 0 Å². The molecule has 0 radical (unpaired) electrons.